The summed E-state index contributed by atoms with van der Waals surface area (Å²) in [6.45, 7) is 2.95. The molecular formula is C17H19BrNO4Pd-. The van der Waals surface area contributed by atoms with E-state index in [-0.39, 0.29) is 20.4 Å². The number of hydrogen-bond acceptors (Lipinski definition) is 3. The first-order valence-corrected chi connectivity index (χ1v) is 7.45. The zero-order valence-corrected chi connectivity index (χ0v) is 16.4. The largest absolute Gasteiger partial charge is 0.481 e. The number of hydrogen-bond donors (Lipinski definition) is 3. The number of carboxylic acid groups (broad SMARTS) is 2. The van der Waals surface area contributed by atoms with Crippen LogP contribution in [0, 0.1) is 6.07 Å². The fraction of sp³-hybridized carbons (Fsp3) is 0.176. The molecule has 0 aliphatic heterocycles. The summed E-state index contributed by atoms with van der Waals surface area (Å²) in [5.41, 5.74) is 2.27. The van der Waals surface area contributed by atoms with Crippen LogP contribution in [0.1, 0.15) is 19.4 Å². The SMILES string of the molecule is Brc1ccc[c-]c1CNc1ccccc1.CC(=O)O.CC(=O)O.[Pd]. The average Bonchev–Trinajstić information content (AvgIpc) is 2.46. The molecule has 0 aromatic heterocycles. The van der Waals surface area contributed by atoms with Gasteiger partial charge in [-0.3, -0.25) is 9.59 Å². The van der Waals surface area contributed by atoms with Gasteiger partial charge in [0.25, 0.3) is 11.9 Å². The second-order valence-electron chi connectivity index (χ2n) is 4.25. The Labute approximate surface area is 163 Å². The Balaban J connectivity index is 0. The van der Waals surface area contributed by atoms with E-state index in [4.69, 9.17) is 19.8 Å². The van der Waals surface area contributed by atoms with Gasteiger partial charge < -0.3 is 15.5 Å². The summed E-state index contributed by atoms with van der Waals surface area (Å²) < 4.78 is 1.09. The summed E-state index contributed by atoms with van der Waals surface area (Å²) in [4.78, 5) is 18.0. The summed E-state index contributed by atoms with van der Waals surface area (Å²) in [5.74, 6) is -1.67. The second-order valence-corrected chi connectivity index (χ2v) is 5.11. The first kappa shape index (κ1) is 24.6. The first-order valence-electron chi connectivity index (χ1n) is 6.66. The maximum atomic E-state index is 9.00. The van der Waals surface area contributed by atoms with Crippen LogP contribution in [0.4, 0.5) is 5.69 Å². The third kappa shape index (κ3) is 15.2. The number of aliphatic carboxylic acids is 2. The van der Waals surface area contributed by atoms with Crippen molar-refractivity contribution < 1.29 is 40.2 Å². The zero-order valence-electron chi connectivity index (χ0n) is 13.2. The summed E-state index contributed by atoms with van der Waals surface area (Å²) in [5, 5.41) is 18.2. The normalized spacial score (nSPS) is 8.29. The van der Waals surface area contributed by atoms with Crippen molar-refractivity contribution in [3.05, 3.63) is 64.6 Å². The fourth-order valence-corrected chi connectivity index (χ4v) is 1.74. The van der Waals surface area contributed by atoms with Gasteiger partial charge in [0.1, 0.15) is 0 Å². The third-order valence-electron chi connectivity index (χ3n) is 2.13. The molecule has 2 aromatic rings. The van der Waals surface area contributed by atoms with E-state index in [0.717, 1.165) is 36.1 Å². The van der Waals surface area contributed by atoms with Gasteiger partial charge in [-0.1, -0.05) is 22.7 Å². The first-order chi connectivity index (χ1) is 10.8. The van der Waals surface area contributed by atoms with Gasteiger partial charge in [0.15, 0.2) is 0 Å². The number of halogens is 1. The van der Waals surface area contributed by atoms with Gasteiger partial charge >= 0.3 is 0 Å². The number of rotatable bonds is 3. The van der Waals surface area contributed by atoms with Gasteiger partial charge in [0.05, 0.1) is 0 Å². The Kier molecular flexibility index (Phi) is 15.2. The van der Waals surface area contributed by atoms with Crippen molar-refractivity contribution in [2.45, 2.75) is 20.4 Å². The van der Waals surface area contributed by atoms with Crippen molar-refractivity contribution in [3.63, 3.8) is 0 Å². The maximum absolute atomic E-state index is 9.00. The minimum atomic E-state index is -0.833. The molecule has 0 saturated carbocycles. The Morgan fingerprint density at radius 2 is 1.54 bits per heavy atom. The van der Waals surface area contributed by atoms with Crippen LogP contribution in [0.15, 0.2) is 53.0 Å². The quantitative estimate of drug-likeness (QED) is 0.449. The molecule has 0 unspecified atom stereocenters. The molecule has 0 fully saturated rings. The van der Waals surface area contributed by atoms with Crippen LogP contribution in [0.2, 0.25) is 0 Å². The van der Waals surface area contributed by atoms with Crippen molar-refractivity contribution in [1.29, 1.82) is 0 Å². The maximum Gasteiger partial charge on any atom is 0.300 e. The Bertz CT molecular complexity index is 589. The van der Waals surface area contributed by atoms with Crippen LogP contribution in [0.3, 0.4) is 0 Å². The zero-order chi connectivity index (χ0) is 17.7. The Hall–Kier alpha value is -1.68. The molecule has 0 bridgehead atoms. The molecule has 0 aliphatic carbocycles. The van der Waals surface area contributed by atoms with Gasteiger partial charge in [0.2, 0.25) is 0 Å². The smallest absolute Gasteiger partial charge is 0.300 e. The van der Waals surface area contributed by atoms with Crippen molar-refractivity contribution in [3.8, 4) is 0 Å². The monoisotopic (exact) mass is 486 g/mol. The van der Waals surface area contributed by atoms with Crippen LogP contribution in [-0.4, -0.2) is 22.2 Å². The summed E-state index contributed by atoms with van der Waals surface area (Å²) in [7, 11) is 0. The number of para-hydroxylation sites is 1. The molecule has 2 rings (SSSR count). The molecule has 3 N–H and O–H groups in total. The van der Waals surface area contributed by atoms with E-state index in [2.05, 4.69) is 39.4 Å². The van der Waals surface area contributed by atoms with Crippen molar-refractivity contribution in [2.24, 2.45) is 0 Å². The van der Waals surface area contributed by atoms with Crippen molar-refractivity contribution >= 4 is 33.6 Å². The predicted molar refractivity (Wildman–Crippen MR) is 93.4 cm³/mol. The minimum Gasteiger partial charge on any atom is -0.481 e. The van der Waals surface area contributed by atoms with E-state index in [1.54, 1.807) is 0 Å². The molecule has 7 heteroatoms. The number of carboxylic acids is 2. The molecule has 134 valence electrons. The number of anilines is 1. The number of nitrogens with one attached hydrogen (secondary N) is 1. The molecule has 0 saturated heterocycles. The summed E-state index contributed by atoms with van der Waals surface area (Å²) in [6, 6.07) is 19.3. The van der Waals surface area contributed by atoms with Gasteiger partial charge in [-0.2, -0.15) is 24.3 Å². The topological polar surface area (TPSA) is 86.6 Å². The van der Waals surface area contributed by atoms with Gasteiger partial charge in [0, 0.05) is 46.5 Å². The van der Waals surface area contributed by atoms with Gasteiger partial charge in [-0.25, -0.2) is 0 Å². The molecule has 24 heavy (non-hydrogen) atoms. The molecule has 2 aromatic carbocycles. The predicted octanol–water partition coefficient (Wildman–Crippen LogP) is 4.04. The van der Waals surface area contributed by atoms with Gasteiger partial charge in [-0.15, -0.1) is 21.5 Å². The fourth-order valence-electron chi connectivity index (χ4n) is 1.33. The molecule has 0 atom stereocenters. The van der Waals surface area contributed by atoms with Gasteiger partial charge in [-0.05, 0) is 12.1 Å². The summed E-state index contributed by atoms with van der Waals surface area (Å²) in [6.07, 6.45) is 0. The molecule has 0 aliphatic rings. The van der Waals surface area contributed by atoms with Crippen molar-refractivity contribution in [1.82, 2.24) is 0 Å². The van der Waals surface area contributed by atoms with E-state index in [1.165, 1.54) is 0 Å². The van der Waals surface area contributed by atoms with E-state index in [0.29, 0.717) is 0 Å². The molecule has 0 spiro atoms. The van der Waals surface area contributed by atoms with E-state index < -0.39 is 11.9 Å². The number of benzene rings is 2. The molecule has 0 radical (unpaired) electrons. The average molecular weight is 488 g/mol. The molecule has 0 amide bonds. The van der Waals surface area contributed by atoms with E-state index in [1.807, 2.05) is 36.4 Å². The molecule has 5 nitrogen and oxygen atoms in total. The second kappa shape index (κ2) is 14.9. The molecule has 0 heterocycles. The van der Waals surface area contributed by atoms with Crippen LogP contribution in [0.25, 0.3) is 0 Å². The summed E-state index contributed by atoms with van der Waals surface area (Å²) >= 11 is 3.50. The standard InChI is InChI=1S/C13H11BrN.2C2H4O2.Pd/c14-13-9-5-4-6-11(13)10-15-12-7-2-1-3-8-12;2*1-2(3)4;/h1-5,7-9,15H,10H2;2*1H3,(H,3,4);/q-1;;;. The van der Waals surface area contributed by atoms with Crippen LogP contribution in [-0.2, 0) is 36.6 Å². The van der Waals surface area contributed by atoms with Crippen LogP contribution < -0.4 is 5.32 Å². The van der Waals surface area contributed by atoms with E-state index in [9.17, 15) is 0 Å². The third-order valence-corrected chi connectivity index (χ3v) is 2.87. The minimum absolute atomic E-state index is 0. The Morgan fingerprint density at radius 1 is 1.04 bits per heavy atom. The van der Waals surface area contributed by atoms with Crippen LogP contribution in [0.5, 0.6) is 0 Å². The van der Waals surface area contributed by atoms with E-state index >= 15 is 0 Å². The Morgan fingerprint density at radius 3 is 2.00 bits per heavy atom. The molecular weight excluding hydrogens is 469 g/mol. The number of carbonyl (C=O) groups is 2. The van der Waals surface area contributed by atoms with Crippen LogP contribution >= 0.6 is 15.9 Å². The van der Waals surface area contributed by atoms with Crippen molar-refractivity contribution in [2.75, 3.05) is 5.32 Å².